The van der Waals surface area contributed by atoms with Crippen LogP contribution in [0.5, 0.6) is 0 Å². The van der Waals surface area contributed by atoms with Crippen LogP contribution in [0.3, 0.4) is 0 Å². The Kier molecular flexibility index (Phi) is 25.3. The zero-order chi connectivity index (χ0) is 36.0. The summed E-state index contributed by atoms with van der Waals surface area (Å²) in [5.41, 5.74) is 0. The summed E-state index contributed by atoms with van der Waals surface area (Å²) in [5.74, 6) is 0. The van der Waals surface area contributed by atoms with Crippen LogP contribution in [-0.2, 0) is 0 Å². The molecule has 0 unspecified atom stereocenters. The molecule has 2 rings (SSSR count). The van der Waals surface area contributed by atoms with Crippen molar-refractivity contribution in [3.8, 4) is 0 Å². The molecule has 0 bridgehead atoms. The first-order valence-corrected chi connectivity index (χ1v) is 22.9. The molecule has 0 aliphatic heterocycles. The highest BCUT2D eigenvalue weighted by Gasteiger charge is 2.49. The van der Waals surface area contributed by atoms with Gasteiger partial charge in [-0.05, 0) is 99.3 Å². The minimum absolute atomic E-state index is 0.183. The van der Waals surface area contributed by atoms with Crippen molar-refractivity contribution in [3.63, 3.8) is 0 Å². The predicted molar refractivity (Wildman–Crippen MR) is 223 cm³/mol. The van der Waals surface area contributed by atoms with Crippen molar-refractivity contribution < 1.29 is 9.90 Å². The minimum Gasteiger partial charge on any atom is -0.424 e. The van der Waals surface area contributed by atoms with Gasteiger partial charge in [0.2, 0.25) is 0 Å². The molecule has 3 nitrogen and oxygen atoms in total. The van der Waals surface area contributed by atoms with Crippen LogP contribution in [0.4, 0.5) is 0 Å². The van der Waals surface area contributed by atoms with Crippen molar-refractivity contribution in [1.29, 1.82) is 0 Å². The molecule has 0 spiro atoms. The van der Waals surface area contributed by atoms with Crippen LogP contribution in [0.2, 0.25) is 5.04 Å². The molecule has 0 heterocycles. The lowest BCUT2D eigenvalue weighted by Crippen LogP contribution is -2.65. The molecule has 0 aliphatic carbocycles. The van der Waals surface area contributed by atoms with E-state index >= 15 is 0 Å². The van der Waals surface area contributed by atoms with E-state index in [1.807, 2.05) is 0 Å². The Labute approximate surface area is 310 Å². The van der Waals surface area contributed by atoms with Gasteiger partial charge in [0.15, 0.2) is 0 Å². The minimum atomic E-state index is -2.96. The fourth-order valence-corrected chi connectivity index (χ4v) is 11.2. The molecule has 0 aliphatic rings. The summed E-state index contributed by atoms with van der Waals surface area (Å²) in [7, 11) is -2.96. The van der Waals surface area contributed by atoms with Gasteiger partial charge >= 0.3 is 0 Å². The third kappa shape index (κ3) is 18.5. The fraction of sp³-hybridized carbons (Fsp3) is 0.652. The molecule has 0 fully saturated rings. The van der Waals surface area contributed by atoms with Crippen LogP contribution >= 0.6 is 0 Å². The van der Waals surface area contributed by atoms with Gasteiger partial charge in [-0.2, -0.15) is 0 Å². The lowest BCUT2D eigenvalue weighted by Gasteiger charge is -2.41. The summed E-state index contributed by atoms with van der Waals surface area (Å²) in [6, 6.07) is 21.0. The van der Waals surface area contributed by atoms with Gasteiger partial charge in [-0.25, -0.2) is 0 Å². The van der Waals surface area contributed by atoms with Gasteiger partial charge in [0, 0.05) is 6.61 Å². The van der Waals surface area contributed by atoms with Crippen molar-refractivity contribution in [3.05, 3.63) is 85.0 Å². The Morgan fingerprint density at radius 1 is 0.540 bits per heavy atom. The predicted octanol–water partition coefficient (Wildman–Crippen LogP) is 11.5. The Morgan fingerprint density at radius 2 is 0.960 bits per heavy atom. The summed E-state index contributed by atoms with van der Waals surface area (Å²) >= 11 is 0. The van der Waals surface area contributed by atoms with Gasteiger partial charge in [-0.15, -0.1) is 0 Å². The maximum Gasteiger partial charge on any atom is 0.258 e. The third-order valence-corrected chi connectivity index (χ3v) is 15.2. The zero-order valence-corrected chi connectivity index (χ0v) is 33.8. The standard InChI is InChI=1S/C46H77NO2Si/c1-4-5-6-7-8-9-10-11-12-13-14-15-16-19-22-31-40-47(41-32-23-20-17-18-21-24-33-43-48)42-34-39-46(2,3)50(49,44-35-27-25-28-36-44)45-37-29-26-30-38-45/h8-9,11-12,25-30,35-38,48-49H,4-7,10,13-24,31-34,39-43H2,1-3H3/b9-8-,12-11-. The van der Waals surface area contributed by atoms with Gasteiger partial charge in [-0.1, -0.05) is 183 Å². The molecule has 0 saturated heterocycles. The summed E-state index contributed by atoms with van der Waals surface area (Å²) in [6.45, 7) is 10.8. The first-order valence-electron chi connectivity index (χ1n) is 20.9. The van der Waals surface area contributed by atoms with Crippen molar-refractivity contribution in [1.82, 2.24) is 4.90 Å². The summed E-state index contributed by atoms with van der Waals surface area (Å²) in [4.78, 5) is 15.3. The number of benzene rings is 2. The number of nitrogens with zero attached hydrogens (tertiary/aromatic N) is 1. The molecule has 2 aromatic rings. The van der Waals surface area contributed by atoms with Gasteiger partial charge in [-0.3, -0.25) is 0 Å². The number of aliphatic hydroxyl groups is 1. The average molecular weight is 704 g/mol. The van der Waals surface area contributed by atoms with E-state index in [-0.39, 0.29) is 5.04 Å². The number of unbranched alkanes of at least 4 members (excludes halogenated alkanes) is 16. The van der Waals surface area contributed by atoms with Crippen LogP contribution in [-0.4, -0.2) is 49.4 Å². The lowest BCUT2D eigenvalue weighted by atomic mass is 10.1. The first kappa shape index (κ1) is 44.2. The van der Waals surface area contributed by atoms with E-state index < -0.39 is 8.32 Å². The Bertz CT molecular complexity index is 1060. The second-order valence-electron chi connectivity index (χ2n) is 15.4. The van der Waals surface area contributed by atoms with Gasteiger partial charge in [0.1, 0.15) is 0 Å². The number of aliphatic hydroxyl groups excluding tert-OH is 1. The van der Waals surface area contributed by atoms with Gasteiger partial charge in [0.25, 0.3) is 8.32 Å². The third-order valence-electron chi connectivity index (χ3n) is 10.7. The highest BCUT2D eigenvalue weighted by molar-refractivity contribution is 6.98. The number of rotatable bonds is 32. The first-order chi connectivity index (χ1) is 24.5. The molecule has 2 aromatic carbocycles. The van der Waals surface area contributed by atoms with Crippen LogP contribution < -0.4 is 10.4 Å². The SMILES string of the molecule is CCCCC/C=C\C/C=C\CCCCCCCCN(CCCCCCCCCCO)CCCC(C)(C)[Si](O)(c1ccccc1)c1ccccc1. The number of allylic oxidation sites excluding steroid dienone is 4. The number of hydrogen-bond acceptors (Lipinski definition) is 3. The number of hydrogen-bond donors (Lipinski definition) is 2. The van der Waals surface area contributed by atoms with Crippen LogP contribution in [0.25, 0.3) is 0 Å². The van der Waals surface area contributed by atoms with Crippen LogP contribution in [0.1, 0.15) is 162 Å². The molecule has 2 N–H and O–H groups in total. The largest absolute Gasteiger partial charge is 0.424 e. The molecular weight excluding hydrogens is 627 g/mol. The molecule has 0 aromatic heterocycles. The van der Waals surface area contributed by atoms with Crippen molar-refractivity contribution >= 4 is 18.7 Å². The highest BCUT2D eigenvalue weighted by Crippen LogP contribution is 2.39. The summed E-state index contributed by atoms with van der Waals surface area (Å²) in [6.07, 6.45) is 37.1. The second-order valence-corrected chi connectivity index (χ2v) is 19.3. The Hall–Kier alpha value is -1.98. The smallest absolute Gasteiger partial charge is 0.258 e. The van der Waals surface area contributed by atoms with E-state index in [2.05, 4.69) is 111 Å². The summed E-state index contributed by atoms with van der Waals surface area (Å²) < 4.78 is 0. The van der Waals surface area contributed by atoms with Gasteiger partial charge in [0.05, 0.1) is 0 Å². The van der Waals surface area contributed by atoms with Crippen molar-refractivity contribution in [2.75, 3.05) is 26.2 Å². The van der Waals surface area contributed by atoms with Crippen LogP contribution in [0.15, 0.2) is 85.0 Å². The highest BCUT2D eigenvalue weighted by atomic mass is 28.4. The molecular formula is C46H77NO2Si. The molecule has 0 atom stereocenters. The molecule has 0 amide bonds. The van der Waals surface area contributed by atoms with E-state index in [0.717, 1.165) is 42.6 Å². The molecule has 0 saturated carbocycles. The van der Waals surface area contributed by atoms with E-state index in [4.69, 9.17) is 5.11 Å². The van der Waals surface area contributed by atoms with Crippen molar-refractivity contribution in [2.45, 2.75) is 167 Å². The second kappa shape index (κ2) is 28.6. The lowest BCUT2D eigenvalue weighted by molar-refractivity contribution is 0.250. The van der Waals surface area contributed by atoms with Gasteiger partial charge < -0.3 is 14.8 Å². The monoisotopic (exact) mass is 704 g/mol. The molecule has 0 radical (unpaired) electrons. The fourth-order valence-electron chi connectivity index (χ4n) is 7.40. The van der Waals surface area contributed by atoms with Crippen molar-refractivity contribution in [2.24, 2.45) is 0 Å². The van der Waals surface area contributed by atoms with E-state index in [0.29, 0.717) is 6.61 Å². The average Bonchev–Trinajstić information content (AvgIpc) is 3.13. The molecule has 4 heteroatoms. The molecule has 282 valence electrons. The van der Waals surface area contributed by atoms with E-state index in [1.54, 1.807) is 0 Å². The normalized spacial score (nSPS) is 12.6. The maximum absolute atomic E-state index is 12.6. The Morgan fingerprint density at radius 3 is 1.44 bits per heavy atom. The topological polar surface area (TPSA) is 43.7 Å². The summed E-state index contributed by atoms with van der Waals surface area (Å²) in [5, 5.41) is 11.1. The maximum atomic E-state index is 12.6. The van der Waals surface area contributed by atoms with Crippen LogP contribution in [0, 0.1) is 0 Å². The molecule has 50 heavy (non-hydrogen) atoms. The van der Waals surface area contributed by atoms with E-state index in [9.17, 15) is 4.80 Å². The Balaban J connectivity index is 1.79. The zero-order valence-electron chi connectivity index (χ0n) is 32.8. The van der Waals surface area contributed by atoms with E-state index in [1.165, 1.54) is 129 Å². The quantitative estimate of drug-likeness (QED) is 0.0453.